The van der Waals surface area contributed by atoms with Gasteiger partial charge in [0.15, 0.2) is 5.82 Å². The van der Waals surface area contributed by atoms with Crippen LogP contribution >= 0.6 is 0 Å². The van der Waals surface area contributed by atoms with Gasteiger partial charge in [-0.2, -0.15) is 0 Å². The number of aromatic nitrogens is 3. The SMILES string of the molecule is Cc1cc(COCC(=O)N(C)c2cnc3ccccc3n2)no1. The van der Waals surface area contributed by atoms with Crippen LogP contribution in [0.15, 0.2) is 41.1 Å². The van der Waals surface area contributed by atoms with Crippen molar-refractivity contribution >= 4 is 22.8 Å². The van der Waals surface area contributed by atoms with Crippen LogP contribution < -0.4 is 4.90 Å². The number of fused-ring (bicyclic) bond motifs is 1. The number of ether oxygens (including phenoxy) is 1. The molecule has 0 saturated heterocycles. The smallest absolute Gasteiger partial charge is 0.253 e. The number of amides is 1. The van der Waals surface area contributed by atoms with Crippen LogP contribution in [-0.4, -0.2) is 34.7 Å². The number of rotatable bonds is 5. The molecule has 0 spiro atoms. The number of hydrogen-bond acceptors (Lipinski definition) is 6. The average Bonchev–Trinajstić information content (AvgIpc) is 2.99. The molecule has 0 fully saturated rings. The first-order valence-corrected chi connectivity index (χ1v) is 7.12. The number of para-hydroxylation sites is 2. The van der Waals surface area contributed by atoms with Gasteiger partial charge < -0.3 is 9.26 Å². The summed E-state index contributed by atoms with van der Waals surface area (Å²) in [6.45, 7) is 1.95. The monoisotopic (exact) mass is 312 g/mol. The Bertz CT molecular complexity index is 831. The molecule has 1 aromatic carbocycles. The molecule has 3 aromatic rings. The molecule has 0 N–H and O–H groups in total. The Morgan fingerprint density at radius 3 is 2.83 bits per heavy atom. The average molecular weight is 312 g/mol. The van der Waals surface area contributed by atoms with E-state index in [9.17, 15) is 4.79 Å². The van der Waals surface area contributed by atoms with Crippen LogP contribution in [0.1, 0.15) is 11.5 Å². The molecule has 7 heteroatoms. The molecular weight excluding hydrogens is 296 g/mol. The Hall–Kier alpha value is -2.80. The molecule has 0 radical (unpaired) electrons. The second-order valence-corrected chi connectivity index (χ2v) is 5.09. The molecule has 0 unspecified atom stereocenters. The van der Waals surface area contributed by atoms with Crippen molar-refractivity contribution in [2.24, 2.45) is 0 Å². The van der Waals surface area contributed by atoms with Gasteiger partial charge in [0.25, 0.3) is 5.91 Å². The molecule has 0 aliphatic rings. The van der Waals surface area contributed by atoms with Crippen LogP contribution in [-0.2, 0) is 16.1 Å². The summed E-state index contributed by atoms with van der Waals surface area (Å²) < 4.78 is 10.3. The van der Waals surface area contributed by atoms with E-state index in [2.05, 4.69) is 15.1 Å². The van der Waals surface area contributed by atoms with Gasteiger partial charge in [-0.3, -0.25) is 14.7 Å². The number of anilines is 1. The van der Waals surface area contributed by atoms with Crippen molar-refractivity contribution in [2.75, 3.05) is 18.6 Å². The topological polar surface area (TPSA) is 81.4 Å². The Labute approximate surface area is 132 Å². The van der Waals surface area contributed by atoms with Gasteiger partial charge in [-0.15, -0.1) is 0 Å². The van der Waals surface area contributed by atoms with E-state index in [4.69, 9.17) is 9.26 Å². The van der Waals surface area contributed by atoms with Crippen molar-refractivity contribution in [1.29, 1.82) is 0 Å². The molecule has 0 aliphatic heterocycles. The van der Waals surface area contributed by atoms with E-state index < -0.39 is 0 Å². The zero-order chi connectivity index (χ0) is 16.2. The molecule has 2 heterocycles. The minimum absolute atomic E-state index is 0.0725. The van der Waals surface area contributed by atoms with Gasteiger partial charge in [-0.05, 0) is 19.1 Å². The molecule has 0 bridgehead atoms. The number of benzene rings is 1. The van der Waals surface area contributed by atoms with Gasteiger partial charge >= 0.3 is 0 Å². The van der Waals surface area contributed by atoms with E-state index in [-0.39, 0.29) is 19.1 Å². The summed E-state index contributed by atoms with van der Waals surface area (Å²) in [6, 6.07) is 9.27. The van der Waals surface area contributed by atoms with E-state index in [1.807, 2.05) is 24.3 Å². The maximum absolute atomic E-state index is 12.2. The fourth-order valence-electron chi connectivity index (χ4n) is 2.06. The fraction of sp³-hybridized carbons (Fsp3) is 0.250. The van der Waals surface area contributed by atoms with Crippen molar-refractivity contribution in [3.63, 3.8) is 0 Å². The van der Waals surface area contributed by atoms with E-state index in [0.29, 0.717) is 17.3 Å². The molecule has 7 nitrogen and oxygen atoms in total. The highest BCUT2D eigenvalue weighted by atomic mass is 16.5. The van der Waals surface area contributed by atoms with Gasteiger partial charge in [-0.1, -0.05) is 17.3 Å². The van der Waals surface area contributed by atoms with Crippen LogP contribution in [0.2, 0.25) is 0 Å². The zero-order valence-corrected chi connectivity index (χ0v) is 12.9. The first kappa shape index (κ1) is 15.1. The molecule has 23 heavy (non-hydrogen) atoms. The molecule has 1 amide bonds. The lowest BCUT2D eigenvalue weighted by Gasteiger charge is -2.16. The molecule has 0 atom stereocenters. The van der Waals surface area contributed by atoms with Gasteiger partial charge in [0.1, 0.15) is 18.1 Å². The summed E-state index contributed by atoms with van der Waals surface area (Å²) in [5, 5.41) is 3.80. The third-order valence-corrected chi connectivity index (χ3v) is 3.31. The Morgan fingerprint density at radius 1 is 1.30 bits per heavy atom. The van der Waals surface area contributed by atoms with E-state index in [0.717, 1.165) is 11.0 Å². The molecule has 118 valence electrons. The minimum Gasteiger partial charge on any atom is -0.365 e. The molecule has 3 rings (SSSR count). The van der Waals surface area contributed by atoms with Gasteiger partial charge in [-0.25, -0.2) is 4.98 Å². The number of likely N-dealkylation sites (N-methyl/N-ethyl adjacent to an activating group) is 1. The lowest BCUT2D eigenvalue weighted by molar-refractivity contribution is -0.123. The Balaban J connectivity index is 1.61. The predicted octanol–water partition coefficient (Wildman–Crippen LogP) is 2.11. The maximum Gasteiger partial charge on any atom is 0.253 e. The van der Waals surface area contributed by atoms with Crippen LogP contribution in [0.4, 0.5) is 5.82 Å². The number of carbonyl (C=O) groups excluding carboxylic acids is 1. The normalized spacial score (nSPS) is 10.9. The van der Waals surface area contributed by atoms with Crippen molar-refractivity contribution < 1.29 is 14.1 Å². The van der Waals surface area contributed by atoms with Crippen LogP contribution in [0.5, 0.6) is 0 Å². The summed E-state index contributed by atoms with van der Waals surface area (Å²) in [5.74, 6) is 0.975. The lowest BCUT2D eigenvalue weighted by atomic mass is 10.3. The van der Waals surface area contributed by atoms with Crippen molar-refractivity contribution in [3.05, 3.63) is 48.0 Å². The molecule has 0 aliphatic carbocycles. The van der Waals surface area contributed by atoms with E-state index in [1.165, 1.54) is 4.90 Å². The largest absolute Gasteiger partial charge is 0.365 e. The molecular formula is C16H16N4O3. The summed E-state index contributed by atoms with van der Waals surface area (Å²) in [7, 11) is 1.64. The summed E-state index contributed by atoms with van der Waals surface area (Å²) in [4.78, 5) is 22.3. The fourth-order valence-corrected chi connectivity index (χ4v) is 2.06. The van der Waals surface area contributed by atoms with Gasteiger partial charge in [0.2, 0.25) is 0 Å². The third-order valence-electron chi connectivity index (χ3n) is 3.31. The lowest BCUT2D eigenvalue weighted by Crippen LogP contribution is -2.30. The zero-order valence-electron chi connectivity index (χ0n) is 12.9. The highest BCUT2D eigenvalue weighted by Gasteiger charge is 2.14. The van der Waals surface area contributed by atoms with Gasteiger partial charge in [0.05, 0.1) is 23.8 Å². The first-order valence-electron chi connectivity index (χ1n) is 7.12. The highest BCUT2D eigenvalue weighted by Crippen LogP contribution is 2.14. The number of aryl methyl sites for hydroxylation is 1. The highest BCUT2D eigenvalue weighted by molar-refractivity contribution is 5.93. The summed E-state index contributed by atoms with van der Waals surface area (Å²) in [5.41, 5.74) is 2.18. The molecule has 0 saturated carbocycles. The van der Waals surface area contributed by atoms with E-state index in [1.54, 1.807) is 26.2 Å². The maximum atomic E-state index is 12.2. The number of carbonyl (C=O) groups is 1. The second kappa shape index (κ2) is 6.53. The second-order valence-electron chi connectivity index (χ2n) is 5.09. The first-order chi connectivity index (χ1) is 11.1. The summed E-state index contributed by atoms with van der Waals surface area (Å²) >= 11 is 0. The van der Waals surface area contributed by atoms with Crippen LogP contribution in [0.3, 0.4) is 0 Å². The minimum atomic E-state index is -0.213. The quantitative estimate of drug-likeness (QED) is 0.717. The van der Waals surface area contributed by atoms with Gasteiger partial charge in [0, 0.05) is 13.1 Å². The van der Waals surface area contributed by atoms with Crippen molar-refractivity contribution in [2.45, 2.75) is 13.5 Å². The summed E-state index contributed by atoms with van der Waals surface area (Å²) in [6.07, 6.45) is 1.57. The van der Waals surface area contributed by atoms with Crippen molar-refractivity contribution in [3.8, 4) is 0 Å². The molecule has 2 aromatic heterocycles. The Morgan fingerprint density at radius 2 is 2.09 bits per heavy atom. The third kappa shape index (κ3) is 3.51. The number of nitrogens with zero attached hydrogens (tertiary/aromatic N) is 4. The predicted molar refractivity (Wildman–Crippen MR) is 83.8 cm³/mol. The number of hydrogen-bond donors (Lipinski definition) is 0. The standard InChI is InChI=1S/C16H16N4O3/c1-11-7-12(19-23-11)9-22-10-16(21)20(2)15-8-17-13-5-3-4-6-14(13)18-15/h3-8H,9-10H2,1-2H3. The van der Waals surface area contributed by atoms with E-state index >= 15 is 0 Å². The van der Waals surface area contributed by atoms with Crippen LogP contribution in [0, 0.1) is 6.92 Å². The Kier molecular flexibility index (Phi) is 4.29. The van der Waals surface area contributed by atoms with Crippen molar-refractivity contribution in [1.82, 2.24) is 15.1 Å². The van der Waals surface area contributed by atoms with Crippen LogP contribution in [0.25, 0.3) is 11.0 Å².